The van der Waals surface area contributed by atoms with Gasteiger partial charge >= 0.3 is 0 Å². The minimum absolute atomic E-state index is 0.0332. The second-order valence-electron chi connectivity index (χ2n) is 8.82. The zero-order valence-corrected chi connectivity index (χ0v) is 22.8. The lowest BCUT2D eigenvalue weighted by Crippen LogP contribution is -2.30. The molecule has 7 nitrogen and oxygen atoms in total. The number of benzene rings is 4. The Morgan fingerprint density at radius 1 is 0.732 bits per heavy atom. The zero-order valence-electron chi connectivity index (χ0n) is 22.8. The molecule has 4 rings (SSSR count). The molecule has 0 fully saturated rings. The molecule has 0 spiro atoms. The molecule has 2 amide bonds. The van der Waals surface area contributed by atoms with Crippen LogP contribution in [-0.2, 0) is 4.79 Å². The summed E-state index contributed by atoms with van der Waals surface area (Å²) in [5.74, 6) is 0.0939. The minimum atomic E-state index is -0.532. The molecule has 0 unspecified atom stereocenters. The molecule has 0 saturated heterocycles. The number of hydrogen-bond donors (Lipinski definition) is 2. The summed E-state index contributed by atoms with van der Waals surface area (Å²) < 4.78 is 11.0. The van der Waals surface area contributed by atoms with Crippen molar-refractivity contribution in [3.8, 4) is 11.5 Å². The highest BCUT2D eigenvalue weighted by atomic mass is 16.5. The van der Waals surface area contributed by atoms with Crippen molar-refractivity contribution in [2.24, 2.45) is 0 Å². The van der Waals surface area contributed by atoms with E-state index in [2.05, 4.69) is 10.6 Å². The Kier molecular flexibility index (Phi) is 9.82. The van der Waals surface area contributed by atoms with Crippen molar-refractivity contribution < 1.29 is 23.9 Å². The lowest BCUT2D eigenvalue weighted by molar-refractivity contribution is -0.113. The smallest absolute Gasteiger partial charge is 0.272 e. The van der Waals surface area contributed by atoms with E-state index in [0.717, 1.165) is 5.56 Å². The van der Waals surface area contributed by atoms with Gasteiger partial charge in [-0.1, -0.05) is 54.6 Å². The van der Waals surface area contributed by atoms with Crippen molar-refractivity contribution >= 4 is 35.4 Å². The van der Waals surface area contributed by atoms with Gasteiger partial charge in [0.05, 0.1) is 13.7 Å². The number of nitrogens with one attached hydrogen (secondary N) is 2. The van der Waals surface area contributed by atoms with E-state index in [1.54, 1.807) is 86.0 Å². The lowest BCUT2D eigenvalue weighted by Gasteiger charge is -2.13. The van der Waals surface area contributed by atoms with E-state index in [1.165, 1.54) is 6.08 Å². The highest BCUT2D eigenvalue weighted by Gasteiger charge is 2.16. The van der Waals surface area contributed by atoms with Gasteiger partial charge in [-0.3, -0.25) is 14.4 Å². The summed E-state index contributed by atoms with van der Waals surface area (Å²) in [6.07, 6.45) is 4.74. The van der Waals surface area contributed by atoms with Crippen LogP contribution < -0.4 is 20.1 Å². The molecule has 0 bridgehead atoms. The van der Waals surface area contributed by atoms with E-state index < -0.39 is 11.8 Å². The molecule has 0 aliphatic rings. The fourth-order valence-corrected chi connectivity index (χ4v) is 3.97. The van der Waals surface area contributed by atoms with Crippen LogP contribution in [0.1, 0.15) is 38.8 Å². The van der Waals surface area contributed by atoms with Crippen LogP contribution in [0.25, 0.3) is 12.2 Å². The summed E-state index contributed by atoms with van der Waals surface area (Å²) in [4.78, 5) is 39.0. The number of ether oxygens (including phenoxy) is 2. The molecule has 41 heavy (non-hydrogen) atoms. The van der Waals surface area contributed by atoms with Gasteiger partial charge in [-0.15, -0.1) is 0 Å². The van der Waals surface area contributed by atoms with E-state index in [4.69, 9.17) is 9.47 Å². The number of anilines is 1. The number of methoxy groups -OCH3 is 1. The Morgan fingerprint density at radius 3 is 2.05 bits per heavy atom. The fraction of sp³-hybridized carbons (Fsp3) is 0.0882. The number of ketones is 1. The molecule has 206 valence electrons. The molecule has 0 saturated carbocycles. The van der Waals surface area contributed by atoms with Crippen molar-refractivity contribution in [1.82, 2.24) is 5.32 Å². The molecule has 0 radical (unpaired) electrons. The fourth-order valence-electron chi connectivity index (χ4n) is 3.97. The van der Waals surface area contributed by atoms with Gasteiger partial charge in [0.15, 0.2) is 5.78 Å². The monoisotopic (exact) mass is 546 g/mol. The summed E-state index contributed by atoms with van der Waals surface area (Å²) in [6, 6.07) is 29.8. The lowest BCUT2D eigenvalue weighted by atomic mass is 10.1. The summed E-state index contributed by atoms with van der Waals surface area (Å²) in [7, 11) is 1.58. The summed E-state index contributed by atoms with van der Waals surface area (Å²) in [5, 5.41) is 5.52. The van der Waals surface area contributed by atoms with Crippen LogP contribution in [-0.4, -0.2) is 31.3 Å². The van der Waals surface area contributed by atoms with Gasteiger partial charge in [0.1, 0.15) is 17.2 Å². The number of amides is 2. The molecule has 4 aromatic rings. The van der Waals surface area contributed by atoms with Gasteiger partial charge in [0, 0.05) is 27.9 Å². The van der Waals surface area contributed by atoms with Crippen LogP contribution in [0, 0.1) is 0 Å². The van der Waals surface area contributed by atoms with Crippen molar-refractivity contribution in [2.45, 2.75) is 6.92 Å². The Bertz CT molecular complexity index is 1570. The Labute approximate surface area is 239 Å². The number of hydrogen-bond acceptors (Lipinski definition) is 5. The van der Waals surface area contributed by atoms with Crippen LogP contribution in [0.3, 0.4) is 0 Å². The molecule has 4 aromatic carbocycles. The van der Waals surface area contributed by atoms with Crippen LogP contribution in [0.4, 0.5) is 5.69 Å². The number of carbonyl (C=O) groups is 3. The molecule has 0 aliphatic heterocycles. The van der Waals surface area contributed by atoms with Crippen molar-refractivity contribution in [1.29, 1.82) is 0 Å². The summed E-state index contributed by atoms with van der Waals surface area (Å²) in [6.45, 7) is 2.32. The van der Waals surface area contributed by atoms with Gasteiger partial charge in [0.2, 0.25) is 0 Å². The van der Waals surface area contributed by atoms with Crippen LogP contribution >= 0.6 is 0 Å². The Morgan fingerprint density at radius 2 is 1.37 bits per heavy atom. The third-order valence-corrected chi connectivity index (χ3v) is 6.03. The SMILES string of the molecule is CCOc1ccccc1/C=C(\NC(=O)c1ccccc1)C(=O)Nc1ccc(C(=O)/C=C/c2ccccc2OC)cc1. The Balaban J connectivity index is 1.53. The average Bonchev–Trinajstić information content (AvgIpc) is 3.01. The third kappa shape index (κ3) is 7.80. The molecule has 0 heterocycles. The van der Waals surface area contributed by atoms with Crippen molar-refractivity contribution in [3.63, 3.8) is 0 Å². The van der Waals surface area contributed by atoms with Crippen molar-refractivity contribution in [3.05, 3.63) is 137 Å². The number of allylic oxidation sites excluding steroid dienone is 1. The topological polar surface area (TPSA) is 93.7 Å². The normalized spacial score (nSPS) is 11.1. The van der Waals surface area contributed by atoms with Crippen LogP contribution in [0.2, 0.25) is 0 Å². The number of para-hydroxylation sites is 2. The molecule has 2 N–H and O–H groups in total. The second kappa shape index (κ2) is 14.1. The maximum atomic E-state index is 13.4. The Hall–Kier alpha value is -5.43. The molecule has 0 aliphatic carbocycles. The van der Waals surface area contributed by atoms with E-state index in [0.29, 0.717) is 40.5 Å². The summed E-state index contributed by atoms with van der Waals surface area (Å²) >= 11 is 0. The predicted octanol–water partition coefficient (Wildman–Crippen LogP) is 6.40. The van der Waals surface area contributed by atoms with Gasteiger partial charge in [-0.2, -0.15) is 0 Å². The third-order valence-electron chi connectivity index (χ3n) is 6.03. The van der Waals surface area contributed by atoms with Gasteiger partial charge in [-0.25, -0.2) is 0 Å². The zero-order chi connectivity index (χ0) is 29.0. The summed E-state index contributed by atoms with van der Waals surface area (Å²) in [5.41, 5.74) is 2.77. The average molecular weight is 547 g/mol. The van der Waals surface area contributed by atoms with Gasteiger partial charge in [0.25, 0.3) is 11.8 Å². The number of carbonyl (C=O) groups excluding carboxylic acids is 3. The number of rotatable bonds is 11. The quantitative estimate of drug-likeness (QED) is 0.168. The molecular formula is C34H30N2O5. The molecular weight excluding hydrogens is 516 g/mol. The highest BCUT2D eigenvalue weighted by Crippen LogP contribution is 2.22. The largest absolute Gasteiger partial charge is 0.496 e. The van der Waals surface area contributed by atoms with Gasteiger partial charge in [-0.05, 0) is 73.7 Å². The molecule has 7 heteroatoms. The first kappa shape index (κ1) is 28.6. The van der Waals surface area contributed by atoms with Crippen LogP contribution in [0.5, 0.6) is 11.5 Å². The minimum Gasteiger partial charge on any atom is -0.496 e. The first-order valence-corrected chi connectivity index (χ1v) is 13.0. The predicted molar refractivity (Wildman–Crippen MR) is 161 cm³/mol. The van der Waals surface area contributed by atoms with E-state index in [-0.39, 0.29) is 11.5 Å². The van der Waals surface area contributed by atoms with Crippen LogP contribution in [0.15, 0.2) is 115 Å². The van der Waals surface area contributed by atoms with Crippen molar-refractivity contribution in [2.75, 3.05) is 19.0 Å². The van der Waals surface area contributed by atoms with E-state index in [9.17, 15) is 14.4 Å². The molecule has 0 atom stereocenters. The first-order chi connectivity index (χ1) is 20.0. The molecule has 0 aromatic heterocycles. The maximum Gasteiger partial charge on any atom is 0.272 e. The van der Waals surface area contributed by atoms with Gasteiger partial charge < -0.3 is 20.1 Å². The standard InChI is InChI=1S/C34H30N2O5/c1-3-41-32-16-10-8-14-27(32)23-29(36-33(38)26-12-5-4-6-13-26)34(39)35-28-20-17-24(18-21-28)30(37)22-19-25-11-7-9-15-31(25)40-2/h4-23H,3H2,1-2H3,(H,35,39)(H,36,38)/b22-19+,29-23-. The maximum absolute atomic E-state index is 13.4. The van der Waals surface area contributed by atoms with E-state index >= 15 is 0 Å². The van der Waals surface area contributed by atoms with E-state index in [1.807, 2.05) is 43.3 Å². The highest BCUT2D eigenvalue weighted by molar-refractivity contribution is 6.11. The second-order valence-corrected chi connectivity index (χ2v) is 8.82. The first-order valence-electron chi connectivity index (χ1n) is 13.0.